The van der Waals surface area contributed by atoms with Crippen LogP contribution < -0.4 is 4.90 Å². The number of anilines is 2. The van der Waals surface area contributed by atoms with E-state index < -0.39 is 0 Å². The SMILES string of the molecule is Cc1cccc(N(C)c2nc(Cl)nc3ccccc23)c1. The van der Waals surface area contributed by atoms with Crippen molar-refractivity contribution in [3.8, 4) is 0 Å². The Hall–Kier alpha value is -2.13. The van der Waals surface area contributed by atoms with E-state index >= 15 is 0 Å². The lowest BCUT2D eigenvalue weighted by molar-refractivity contribution is 1.11. The summed E-state index contributed by atoms with van der Waals surface area (Å²) >= 11 is 6.04. The zero-order valence-electron chi connectivity index (χ0n) is 11.3. The lowest BCUT2D eigenvalue weighted by Crippen LogP contribution is -2.12. The quantitative estimate of drug-likeness (QED) is 0.654. The van der Waals surface area contributed by atoms with E-state index in [9.17, 15) is 0 Å². The first-order chi connectivity index (χ1) is 9.65. The molecule has 1 aromatic heterocycles. The average Bonchev–Trinajstić information content (AvgIpc) is 2.45. The van der Waals surface area contributed by atoms with Crippen LogP contribution in [0.15, 0.2) is 48.5 Å². The van der Waals surface area contributed by atoms with Gasteiger partial charge in [0, 0.05) is 18.1 Å². The molecule has 3 aromatic rings. The van der Waals surface area contributed by atoms with Gasteiger partial charge in [0.15, 0.2) is 0 Å². The van der Waals surface area contributed by atoms with Crippen molar-refractivity contribution in [2.45, 2.75) is 6.92 Å². The van der Waals surface area contributed by atoms with Crippen LogP contribution in [0.3, 0.4) is 0 Å². The Labute approximate surface area is 122 Å². The predicted octanol–water partition coefficient (Wildman–Crippen LogP) is 4.36. The number of hydrogen-bond donors (Lipinski definition) is 0. The monoisotopic (exact) mass is 283 g/mol. The Morgan fingerprint density at radius 1 is 1.00 bits per heavy atom. The fourth-order valence-electron chi connectivity index (χ4n) is 2.25. The zero-order chi connectivity index (χ0) is 14.1. The first-order valence-electron chi connectivity index (χ1n) is 6.38. The van der Waals surface area contributed by atoms with Gasteiger partial charge in [0.25, 0.3) is 0 Å². The van der Waals surface area contributed by atoms with Crippen LogP contribution in [0.25, 0.3) is 10.9 Å². The van der Waals surface area contributed by atoms with Crippen LogP contribution in [0.2, 0.25) is 5.28 Å². The van der Waals surface area contributed by atoms with E-state index in [1.54, 1.807) is 0 Å². The van der Waals surface area contributed by atoms with Crippen molar-refractivity contribution in [1.29, 1.82) is 0 Å². The van der Waals surface area contributed by atoms with E-state index in [1.165, 1.54) is 5.56 Å². The van der Waals surface area contributed by atoms with Crippen LogP contribution in [-0.4, -0.2) is 17.0 Å². The molecule has 0 aliphatic rings. The van der Waals surface area contributed by atoms with E-state index in [1.807, 2.05) is 42.3 Å². The molecule has 3 rings (SSSR count). The minimum absolute atomic E-state index is 0.262. The molecule has 3 nitrogen and oxygen atoms in total. The molecule has 0 aliphatic carbocycles. The average molecular weight is 284 g/mol. The van der Waals surface area contributed by atoms with E-state index in [-0.39, 0.29) is 5.28 Å². The fourth-order valence-corrected chi connectivity index (χ4v) is 2.42. The van der Waals surface area contributed by atoms with Gasteiger partial charge in [-0.05, 0) is 48.4 Å². The molecule has 0 fully saturated rings. The van der Waals surface area contributed by atoms with Crippen LogP contribution >= 0.6 is 11.6 Å². The molecule has 0 saturated carbocycles. The number of halogens is 1. The van der Waals surface area contributed by atoms with Gasteiger partial charge in [-0.1, -0.05) is 24.3 Å². The number of fused-ring (bicyclic) bond motifs is 1. The van der Waals surface area contributed by atoms with Gasteiger partial charge >= 0.3 is 0 Å². The number of para-hydroxylation sites is 1. The van der Waals surface area contributed by atoms with E-state index in [2.05, 4.69) is 35.1 Å². The van der Waals surface area contributed by atoms with Crippen molar-refractivity contribution >= 4 is 34.0 Å². The zero-order valence-corrected chi connectivity index (χ0v) is 12.1. The summed E-state index contributed by atoms with van der Waals surface area (Å²) < 4.78 is 0. The van der Waals surface area contributed by atoms with Gasteiger partial charge < -0.3 is 4.90 Å². The molecule has 0 amide bonds. The fraction of sp³-hybridized carbons (Fsp3) is 0.125. The molecule has 4 heteroatoms. The highest BCUT2D eigenvalue weighted by atomic mass is 35.5. The smallest absolute Gasteiger partial charge is 0.224 e. The Balaban J connectivity index is 2.18. The summed E-state index contributed by atoms with van der Waals surface area (Å²) in [6, 6.07) is 16.1. The van der Waals surface area contributed by atoms with Gasteiger partial charge in [-0.3, -0.25) is 0 Å². The van der Waals surface area contributed by atoms with Crippen molar-refractivity contribution in [2.24, 2.45) is 0 Å². The lowest BCUT2D eigenvalue weighted by atomic mass is 10.2. The third-order valence-corrected chi connectivity index (χ3v) is 3.43. The van der Waals surface area contributed by atoms with Gasteiger partial charge in [-0.25, -0.2) is 4.98 Å². The van der Waals surface area contributed by atoms with Crippen LogP contribution in [0.5, 0.6) is 0 Å². The standard InChI is InChI=1S/C16H14ClN3/c1-11-6-5-7-12(10-11)20(2)15-13-8-3-4-9-14(13)18-16(17)19-15/h3-10H,1-2H3. The highest BCUT2D eigenvalue weighted by molar-refractivity contribution is 6.28. The maximum Gasteiger partial charge on any atom is 0.224 e. The molecular weight excluding hydrogens is 270 g/mol. The summed E-state index contributed by atoms with van der Waals surface area (Å²) in [5.41, 5.74) is 3.13. The minimum Gasteiger partial charge on any atom is -0.329 e. The molecule has 0 atom stereocenters. The summed E-state index contributed by atoms with van der Waals surface area (Å²) in [5.74, 6) is 0.811. The Morgan fingerprint density at radius 2 is 1.80 bits per heavy atom. The van der Waals surface area contributed by atoms with Gasteiger partial charge in [0.1, 0.15) is 5.82 Å². The third kappa shape index (κ3) is 2.32. The normalized spacial score (nSPS) is 10.8. The Morgan fingerprint density at radius 3 is 2.60 bits per heavy atom. The van der Waals surface area contributed by atoms with Crippen molar-refractivity contribution in [1.82, 2.24) is 9.97 Å². The predicted molar refractivity (Wildman–Crippen MR) is 83.8 cm³/mol. The molecule has 0 spiro atoms. The number of hydrogen-bond acceptors (Lipinski definition) is 3. The van der Waals surface area contributed by atoms with Crippen LogP contribution in [0.4, 0.5) is 11.5 Å². The summed E-state index contributed by atoms with van der Waals surface area (Å²) in [4.78, 5) is 10.7. The van der Waals surface area contributed by atoms with Crippen molar-refractivity contribution in [2.75, 3.05) is 11.9 Å². The molecule has 100 valence electrons. The topological polar surface area (TPSA) is 29.0 Å². The molecule has 2 aromatic carbocycles. The maximum atomic E-state index is 6.04. The number of rotatable bonds is 2. The molecule has 0 radical (unpaired) electrons. The highest BCUT2D eigenvalue weighted by Crippen LogP contribution is 2.29. The van der Waals surface area contributed by atoms with E-state index in [4.69, 9.17) is 11.6 Å². The lowest BCUT2D eigenvalue weighted by Gasteiger charge is -2.20. The van der Waals surface area contributed by atoms with E-state index in [0.717, 1.165) is 22.4 Å². The minimum atomic E-state index is 0.262. The molecular formula is C16H14ClN3. The number of aryl methyl sites for hydroxylation is 1. The first kappa shape index (κ1) is 12.9. The largest absolute Gasteiger partial charge is 0.329 e. The summed E-state index contributed by atoms with van der Waals surface area (Å²) in [5, 5.41) is 1.25. The summed E-state index contributed by atoms with van der Waals surface area (Å²) in [6.07, 6.45) is 0. The Kier molecular flexibility index (Phi) is 3.28. The van der Waals surface area contributed by atoms with Crippen molar-refractivity contribution in [3.63, 3.8) is 0 Å². The summed E-state index contributed by atoms with van der Waals surface area (Å²) in [7, 11) is 1.99. The third-order valence-electron chi connectivity index (χ3n) is 3.26. The second-order valence-corrected chi connectivity index (χ2v) is 5.07. The van der Waals surface area contributed by atoms with Gasteiger partial charge in [0.2, 0.25) is 5.28 Å². The second-order valence-electron chi connectivity index (χ2n) is 4.73. The molecule has 0 bridgehead atoms. The number of benzene rings is 2. The van der Waals surface area contributed by atoms with Gasteiger partial charge in [-0.2, -0.15) is 4.98 Å². The number of aromatic nitrogens is 2. The van der Waals surface area contributed by atoms with Gasteiger partial charge in [-0.15, -0.1) is 0 Å². The first-order valence-corrected chi connectivity index (χ1v) is 6.75. The molecule has 1 heterocycles. The van der Waals surface area contributed by atoms with Crippen molar-refractivity contribution < 1.29 is 0 Å². The maximum absolute atomic E-state index is 6.04. The molecule has 20 heavy (non-hydrogen) atoms. The molecule has 0 saturated heterocycles. The molecule has 0 aliphatic heterocycles. The summed E-state index contributed by atoms with van der Waals surface area (Å²) in [6.45, 7) is 2.07. The van der Waals surface area contributed by atoms with Crippen LogP contribution in [0.1, 0.15) is 5.56 Å². The van der Waals surface area contributed by atoms with Crippen LogP contribution in [-0.2, 0) is 0 Å². The van der Waals surface area contributed by atoms with Crippen LogP contribution in [0, 0.1) is 6.92 Å². The molecule has 0 unspecified atom stereocenters. The number of nitrogens with zero attached hydrogens (tertiary/aromatic N) is 3. The second kappa shape index (κ2) is 5.10. The van der Waals surface area contributed by atoms with E-state index in [0.29, 0.717) is 0 Å². The van der Waals surface area contributed by atoms with Crippen molar-refractivity contribution in [3.05, 3.63) is 59.4 Å². The highest BCUT2D eigenvalue weighted by Gasteiger charge is 2.12. The molecule has 0 N–H and O–H groups in total. The Bertz CT molecular complexity index is 771. The van der Waals surface area contributed by atoms with Gasteiger partial charge in [0.05, 0.1) is 5.52 Å².